The predicted molar refractivity (Wildman–Crippen MR) is 71.1 cm³/mol. The highest BCUT2D eigenvalue weighted by atomic mass is 19.1. The van der Waals surface area contributed by atoms with Gasteiger partial charge in [0.25, 0.3) is 5.91 Å². The van der Waals surface area contributed by atoms with Gasteiger partial charge >= 0.3 is 11.9 Å². The Hall–Kier alpha value is -2.44. The molecule has 0 spiro atoms. The van der Waals surface area contributed by atoms with Crippen LogP contribution in [0.3, 0.4) is 0 Å². The summed E-state index contributed by atoms with van der Waals surface area (Å²) >= 11 is 0. The molecular weight excluding hydrogens is 281 g/mol. The first-order valence-electron chi connectivity index (χ1n) is 6.08. The van der Waals surface area contributed by atoms with Crippen molar-refractivity contribution in [1.82, 2.24) is 4.90 Å². The van der Waals surface area contributed by atoms with Gasteiger partial charge in [-0.1, -0.05) is 6.07 Å². The van der Waals surface area contributed by atoms with Gasteiger partial charge in [0.15, 0.2) is 0 Å². The van der Waals surface area contributed by atoms with Crippen molar-refractivity contribution in [2.24, 2.45) is 0 Å². The second kappa shape index (κ2) is 7.37. The zero-order valence-electron chi connectivity index (χ0n) is 12.0. The van der Waals surface area contributed by atoms with E-state index in [9.17, 15) is 18.8 Å². The van der Waals surface area contributed by atoms with Gasteiger partial charge in [-0.25, -0.2) is 4.39 Å². The first-order valence-corrected chi connectivity index (χ1v) is 6.08. The van der Waals surface area contributed by atoms with Crippen LogP contribution in [0, 0.1) is 12.7 Å². The third-order valence-corrected chi connectivity index (χ3v) is 2.74. The zero-order valence-corrected chi connectivity index (χ0v) is 12.0. The summed E-state index contributed by atoms with van der Waals surface area (Å²) in [4.78, 5) is 35.7. The van der Waals surface area contributed by atoms with Gasteiger partial charge in [-0.05, 0) is 24.6 Å². The lowest BCUT2D eigenvalue weighted by atomic mass is 10.1. The first-order chi connectivity index (χ1) is 9.88. The lowest BCUT2D eigenvalue weighted by Crippen LogP contribution is -2.40. The maximum absolute atomic E-state index is 13.8. The molecule has 0 atom stereocenters. The fourth-order valence-corrected chi connectivity index (χ4v) is 1.60. The summed E-state index contributed by atoms with van der Waals surface area (Å²) in [7, 11) is 2.30. The number of benzene rings is 1. The zero-order chi connectivity index (χ0) is 16.0. The number of carbonyl (C=O) groups is 3. The highest BCUT2D eigenvalue weighted by molar-refractivity contribution is 5.98. The van der Waals surface area contributed by atoms with Crippen molar-refractivity contribution in [2.45, 2.75) is 6.92 Å². The topological polar surface area (TPSA) is 72.9 Å². The van der Waals surface area contributed by atoms with Crippen LogP contribution in [0.1, 0.15) is 15.9 Å². The summed E-state index contributed by atoms with van der Waals surface area (Å²) in [6.45, 7) is 0.730. The lowest BCUT2D eigenvalue weighted by molar-refractivity contribution is -0.144. The van der Waals surface area contributed by atoms with Crippen LogP contribution in [0.25, 0.3) is 0 Å². The molecule has 7 heteroatoms. The third kappa shape index (κ3) is 4.55. The third-order valence-electron chi connectivity index (χ3n) is 2.74. The molecule has 0 aliphatic carbocycles. The standard InChI is InChI=1S/C14H16FNO5/c1-9-4-5-10(11(15)6-9)14(19)16(7-12(17)20-2)8-13(18)21-3/h4-6H,7-8H2,1-3H3. The Morgan fingerprint density at radius 2 is 1.62 bits per heavy atom. The van der Waals surface area contributed by atoms with Crippen LogP contribution in [0.2, 0.25) is 0 Å². The molecule has 21 heavy (non-hydrogen) atoms. The summed E-state index contributed by atoms with van der Waals surface area (Å²) in [6, 6.07) is 4.06. The molecule has 0 saturated heterocycles. The van der Waals surface area contributed by atoms with Crippen LogP contribution in [-0.4, -0.2) is 50.1 Å². The molecule has 1 rings (SSSR count). The Morgan fingerprint density at radius 3 is 2.05 bits per heavy atom. The molecular formula is C14H16FNO5. The van der Waals surface area contributed by atoms with Crippen molar-refractivity contribution in [3.05, 3.63) is 35.1 Å². The van der Waals surface area contributed by atoms with E-state index in [1.165, 1.54) is 12.1 Å². The summed E-state index contributed by atoms with van der Waals surface area (Å²) < 4.78 is 22.7. The molecule has 1 aromatic carbocycles. The van der Waals surface area contributed by atoms with Crippen molar-refractivity contribution < 1.29 is 28.2 Å². The van der Waals surface area contributed by atoms with E-state index in [0.29, 0.717) is 5.56 Å². The summed E-state index contributed by atoms with van der Waals surface area (Å²) in [5.74, 6) is -2.96. The van der Waals surface area contributed by atoms with E-state index in [0.717, 1.165) is 19.1 Å². The van der Waals surface area contributed by atoms with Gasteiger partial charge in [-0.2, -0.15) is 0 Å². The second-order valence-corrected chi connectivity index (χ2v) is 4.30. The molecule has 1 aromatic rings. The molecule has 0 fully saturated rings. The number of amides is 1. The van der Waals surface area contributed by atoms with Gasteiger partial charge in [0.1, 0.15) is 18.9 Å². The average Bonchev–Trinajstić information content (AvgIpc) is 2.45. The van der Waals surface area contributed by atoms with Crippen molar-refractivity contribution >= 4 is 17.8 Å². The number of halogens is 1. The number of carbonyl (C=O) groups excluding carboxylic acids is 3. The van der Waals surface area contributed by atoms with E-state index in [1.54, 1.807) is 13.0 Å². The minimum absolute atomic E-state index is 0.228. The molecule has 1 amide bonds. The second-order valence-electron chi connectivity index (χ2n) is 4.30. The van der Waals surface area contributed by atoms with E-state index in [-0.39, 0.29) is 5.56 Å². The van der Waals surface area contributed by atoms with Gasteiger partial charge in [0.2, 0.25) is 0 Å². The van der Waals surface area contributed by atoms with Crippen LogP contribution in [0.4, 0.5) is 4.39 Å². The maximum Gasteiger partial charge on any atom is 0.325 e. The van der Waals surface area contributed by atoms with Crippen LogP contribution >= 0.6 is 0 Å². The minimum Gasteiger partial charge on any atom is -0.468 e. The minimum atomic E-state index is -0.789. The van der Waals surface area contributed by atoms with E-state index in [1.807, 2.05) is 0 Å². The Balaban J connectivity index is 3.02. The number of hydrogen-bond acceptors (Lipinski definition) is 5. The number of ether oxygens (including phenoxy) is 2. The molecule has 6 nitrogen and oxygen atoms in total. The van der Waals surface area contributed by atoms with Crippen LogP contribution in [-0.2, 0) is 19.1 Å². The molecule has 0 aliphatic heterocycles. The van der Waals surface area contributed by atoms with E-state index >= 15 is 0 Å². The predicted octanol–water partition coefficient (Wildman–Crippen LogP) is 0.922. The number of esters is 2. The molecule has 114 valence electrons. The Bertz CT molecular complexity index is 540. The van der Waals surface area contributed by atoms with E-state index in [4.69, 9.17) is 0 Å². The van der Waals surface area contributed by atoms with Gasteiger partial charge < -0.3 is 14.4 Å². The molecule has 0 unspecified atom stereocenters. The molecule has 0 radical (unpaired) electrons. The molecule has 0 heterocycles. The number of rotatable bonds is 5. The molecule has 0 N–H and O–H groups in total. The Morgan fingerprint density at radius 1 is 1.10 bits per heavy atom. The average molecular weight is 297 g/mol. The molecule has 0 aliphatic rings. The van der Waals surface area contributed by atoms with Crippen molar-refractivity contribution in [3.63, 3.8) is 0 Å². The lowest BCUT2D eigenvalue weighted by Gasteiger charge is -2.20. The number of hydrogen-bond donors (Lipinski definition) is 0. The van der Waals surface area contributed by atoms with Gasteiger partial charge in [0, 0.05) is 0 Å². The smallest absolute Gasteiger partial charge is 0.325 e. The SMILES string of the molecule is COC(=O)CN(CC(=O)OC)C(=O)c1ccc(C)cc1F. The molecule has 0 bridgehead atoms. The molecule has 0 aromatic heterocycles. The van der Waals surface area contributed by atoms with Crippen LogP contribution in [0.15, 0.2) is 18.2 Å². The maximum atomic E-state index is 13.8. The fraction of sp³-hybridized carbons (Fsp3) is 0.357. The molecule has 0 saturated carbocycles. The highest BCUT2D eigenvalue weighted by Crippen LogP contribution is 2.13. The largest absolute Gasteiger partial charge is 0.468 e. The monoisotopic (exact) mass is 297 g/mol. The number of methoxy groups -OCH3 is 2. The van der Waals surface area contributed by atoms with E-state index in [2.05, 4.69) is 9.47 Å². The van der Waals surface area contributed by atoms with Crippen LogP contribution < -0.4 is 0 Å². The van der Waals surface area contributed by atoms with Gasteiger partial charge in [-0.3, -0.25) is 14.4 Å². The summed E-state index contributed by atoms with van der Waals surface area (Å²) in [5, 5.41) is 0. The van der Waals surface area contributed by atoms with Crippen molar-refractivity contribution in [1.29, 1.82) is 0 Å². The normalized spacial score (nSPS) is 9.90. The highest BCUT2D eigenvalue weighted by Gasteiger charge is 2.24. The van der Waals surface area contributed by atoms with Gasteiger partial charge in [0.05, 0.1) is 19.8 Å². The van der Waals surface area contributed by atoms with E-state index < -0.39 is 36.8 Å². The fourth-order valence-electron chi connectivity index (χ4n) is 1.60. The van der Waals surface area contributed by atoms with Crippen LogP contribution in [0.5, 0.6) is 0 Å². The first kappa shape index (κ1) is 16.6. The Labute approximate surface area is 121 Å². The van der Waals surface area contributed by atoms with Crippen molar-refractivity contribution in [2.75, 3.05) is 27.3 Å². The number of nitrogens with zero attached hydrogens (tertiary/aromatic N) is 1. The Kier molecular flexibility index (Phi) is 5.83. The summed E-state index contributed by atoms with van der Waals surface area (Å²) in [6.07, 6.45) is 0. The quantitative estimate of drug-likeness (QED) is 0.756. The van der Waals surface area contributed by atoms with Gasteiger partial charge in [-0.15, -0.1) is 0 Å². The number of aryl methyl sites for hydroxylation is 1. The summed E-state index contributed by atoms with van der Waals surface area (Å²) in [5.41, 5.74) is 0.421. The van der Waals surface area contributed by atoms with Crippen molar-refractivity contribution in [3.8, 4) is 0 Å².